The summed E-state index contributed by atoms with van der Waals surface area (Å²) >= 11 is 6.15. The minimum absolute atomic E-state index is 0.151. The Kier molecular flexibility index (Phi) is 3.74. The molecule has 0 amide bonds. The molecule has 1 aromatic heterocycles. The van der Waals surface area contributed by atoms with Crippen LogP contribution in [0.2, 0.25) is 5.15 Å². The number of ether oxygens (including phenoxy) is 1. The van der Waals surface area contributed by atoms with Crippen LogP contribution in [0, 0.1) is 5.41 Å². The molecule has 1 saturated carbocycles. The SMILES string of the molecule is NCC1(COc2cnc(Cl)c(-c3ccc(O)cc3)c2)CC1. The molecule has 1 fully saturated rings. The normalized spacial score (nSPS) is 15.7. The molecule has 0 unspecified atom stereocenters. The first kappa shape index (κ1) is 14.2. The van der Waals surface area contributed by atoms with E-state index in [4.69, 9.17) is 22.1 Å². The van der Waals surface area contributed by atoms with Crippen molar-refractivity contribution < 1.29 is 9.84 Å². The first-order valence-electron chi connectivity index (χ1n) is 6.90. The second kappa shape index (κ2) is 5.54. The van der Waals surface area contributed by atoms with Crippen LogP contribution in [-0.2, 0) is 0 Å². The second-order valence-electron chi connectivity index (χ2n) is 5.55. The number of nitrogens with two attached hydrogens (primary N) is 1. The third-order valence-corrected chi connectivity index (χ3v) is 4.23. The van der Waals surface area contributed by atoms with Crippen molar-refractivity contribution >= 4 is 11.6 Å². The molecule has 21 heavy (non-hydrogen) atoms. The fraction of sp³-hybridized carbons (Fsp3) is 0.312. The van der Waals surface area contributed by atoms with Gasteiger partial charge in [0, 0.05) is 17.5 Å². The monoisotopic (exact) mass is 304 g/mol. The molecule has 110 valence electrons. The molecular formula is C16H17ClN2O2. The average Bonchev–Trinajstić information content (AvgIpc) is 3.28. The van der Waals surface area contributed by atoms with Gasteiger partial charge in [-0.1, -0.05) is 23.7 Å². The van der Waals surface area contributed by atoms with Gasteiger partial charge in [0.25, 0.3) is 0 Å². The van der Waals surface area contributed by atoms with Crippen molar-refractivity contribution in [1.29, 1.82) is 0 Å². The van der Waals surface area contributed by atoms with Crippen molar-refractivity contribution in [3.63, 3.8) is 0 Å². The summed E-state index contributed by atoms with van der Waals surface area (Å²) in [5, 5.41) is 9.76. The van der Waals surface area contributed by atoms with Gasteiger partial charge in [0.1, 0.15) is 16.7 Å². The summed E-state index contributed by atoms with van der Waals surface area (Å²) in [6, 6.07) is 8.70. The van der Waals surface area contributed by atoms with Crippen LogP contribution >= 0.6 is 11.6 Å². The summed E-state index contributed by atoms with van der Waals surface area (Å²) in [7, 11) is 0. The maximum Gasteiger partial charge on any atom is 0.138 e. The molecule has 2 aromatic rings. The van der Waals surface area contributed by atoms with Gasteiger partial charge >= 0.3 is 0 Å². The van der Waals surface area contributed by atoms with Crippen LogP contribution in [0.5, 0.6) is 11.5 Å². The summed E-state index contributed by atoms with van der Waals surface area (Å²) in [6.07, 6.45) is 3.86. The molecule has 1 aliphatic carbocycles. The van der Waals surface area contributed by atoms with Crippen LogP contribution in [0.4, 0.5) is 0 Å². The van der Waals surface area contributed by atoms with Gasteiger partial charge in [-0.15, -0.1) is 0 Å². The molecule has 0 saturated heterocycles. The maximum absolute atomic E-state index is 9.35. The van der Waals surface area contributed by atoms with E-state index < -0.39 is 0 Å². The number of aromatic hydroxyl groups is 1. The highest BCUT2D eigenvalue weighted by atomic mass is 35.5. The highest BCUT2D eigenvalue weighted by Gasteiger charge is 2.42. The smallest absolute Gasteiger partial charge is 0.138 e. The molecule has 3 N–H and O–H groups in total. The number of hydrogen-bond donors (Lipinski definition) is 2. The molecule has 1 aromatic carbocycles. The predicted octanol–water partition coefficient (Wildman–Crippen LogP) is 3.23. The number of pyridine rings is 1. The summed E-state index contributed by atoms with van der Waals surface area (Å²) in [5.74, 6) is 0.899. The Hall–Kier alpha value is -1.78. The predicted molar refractivity (Wildman–Crippen MR) is 82.6 cm³/mol. The summed E-state index contributed by atoms with van der Waals surface area (Å²) in [4.78, 5) is 4.17. The zero-order valence-corrected chi connectivity index (χ0v) is 12.3. The Morgan fingerprint density at radius 3 is 2.62 bits per heavy atom. The van der Waals surface area contributed by atoms with Crippen LogP contribution in [0.1, 0.15) is 12.8 Å². The van der Waals surface area contributed by atoms with Crippen LogP contribution in [0.25, 0.3) is 11.1 Å². The minimum atomic E-state index is 0.151. The Balaban J connectivity index is 1.81. The van der Waals surface area contributed by atoms with Gasteiger partial charge in [-0.25, -0.2) is 4.98 Å². The van der Waals surface area contributed by atoms with Gasteiger partial charge in [-0.2, -0.15) is 0 Å². The van der Waals surface area contributed by atoms with E-state index in [0.29, 0.717) is 24.1 Å². The molecule has 3 rings (SSSR count). The molecule has 0 spiro atoms. The van der Waals surface area contributed by atoms with Crippen molar-refractivity contribution in [3.8, 4) is 22.6 Å². The van der Waals surface area contributed by atoms with Gasteiger partial charge in [-0.05, 0) is 36.6 Å². The fourth-order valence-corrected chi connectivity index (χ4v) is 2.38. The molecule has 0 atom stereocenters. The van der Waals surface area contributed by atoms with Crippen LogP contribution in [0.3, 0.4) is 0 Å². The number of benzene rings is 1. The van der Waals surface area contributed by atoms with Crippen molar-refractivity contribution in [2.75, 3.05) is 13.2 Å². The van der Waals surface area contributed by atoms with Gasteiger partial charge < -0.3 is 15.6 Å². The van der Waals surface area contributed by atoms with Gasteiger partial charge in [0.05, 0.1) is 12.8 Å². The molecule has 0 radical (unpaired) electrons. The number of aromatic nitrogens is 1. The maximum atomic E-state index is 9.35. The van der Waals surface area contributed by atoms with Crippen molar-refractivity contribution in [2.24, 2.45) is 11.1 Å². The van der Waals surface area contributed by atoms with Gasteiger partial charge in [0.15, 0.2) is 0 Å². The van der Waals surface area contributed by atoms with E-state index in [2.05, 4.69) is 4.98 Å². The number of rotatable bonds is 5. The quantitative estimate of drug-likeness (QED) is 0.832. The van der Waals surface area contributed by atoms with Crippen LogP contribution in [0.15, 0.2) is 36.5 Å². The number of hydrogen-bond acceptors (Lipinski definition) is 4. The molecular weight excluding hydrogens is 288 g/mol. The highest BCUT2D eigenvalue weighted by Crippen LogP contribution is 2.44. The number of phenols is 1. The van der Waals surface area contributed by atoms with E-state index in [9.17, 15) is 5.11 Å². The zero-order chi connectivity index (χ0) is 14.9. The Bertz CT molecular complexity index is 639. The van der Waals surface area contributed by atoms with E-state index in [1.54, 1.807) is 30.5 Å². The Morgan fingerprint density at radius 2 is 2.00 bits per heavy atom. The number of nitrogens with zero attached hydrogens (tertiary/aromatic N) is 1. The molecule has 4 nitrogen and oxygen atoms in total. The van der Waals surface area contributed by atoms with E-state index >= 15 is 0 Å². The zero-order valence-electron chi connectivity index (χ0n) is 11.6. The van der Waals surface area contributed by atoms with Gasteiger partial charge in [-0.3, -0.25) is 0 Å². The molecule has 0 aliphatic heterocycles. The van der Waals surface area contributed by atoms with E-state index in [-0.39, 0.29) is 11.2 Å². The lowest BCUT2D eigenvalue weighted by Gasteiger charge is -2.14. The Labute approximate surface area is 128 Å². The van der Waals surface area contributed by atoms with Crippen molar-refractivity contribution in [3.05, 3.63) is 41.7 Å². The third-order valence-electron chi connectivity index (χ3n) is 3.93. The van der Waals surface area contributed by atoms with E-state index in [1.165, 1.54) is 0 Å². The topological polar surface area (TPSA) is 68.4 Å². The first-order chi connectivity index (χ1) is 10.1. The molecule has 5 heteroatoms. The standard InChI is InChI=1S/C16H17ClN2O2/c17-15-14(11-1-3-12(20)4-2-11)7-13(8-19-15)21-10-16(9-18)5-6-16/h1-4,7-8,20H,5-6,9-10,18H2. The molecule has 1 aliphatic rings. The van der Waals surface area contributed by atoms with E-state index in [0.717, 1.165) is 24.0 Å². The third kappa shape index (κ3) is 3.12. The lowest BCUT2D eigenvalue weighted by molar-refractivity contribution is 0.238. The lowest BCUT2D eigenvalue weighted by Crippen LogP contribution is -2.22. The molecule has 1 heterocycles. The first-order valence-corrected chi connectivity index (χ1v) is 7.28. The average molecular weight is 305 g/mol. The lowest BCUT2D eigenvalue weighted by atomic mass is 10.1. The number of phenolic OH excluding ortho intramolecular Hbond substituents is 1. The molecule has 0 bridgehead atoms. The van der Waals surface area contributed by atoms with E-state index in [1.807, 2.05) is 6.07 Å². The summed E-state index contributed by atoms with van der Waals surface area (Å²) < 4.78 is 5.81. The van der Waals surface area contributed by atoms with Crippen LogP contribution < -0.4 is 10.5 Å². The summed E-state index contributed by atoms with van der Waals surface area (Å²) in [5.41, 5.74) is 7.57. The van der Waals surface area contributed by atoms with Crippen LogP contribution in [-0.4, -0.2) is 23.2 Å². The summed E-state index contributed by atoms with van der Waals surface area (Å²) in [6.45, 7) is 1.26. The Morgan fingerprint density at radius 1 is 1.29 bits per heavy atom. The highest BCUT2D eigenvalue weighted by molar-refractivity contribution is 6.32. The van der Waals surface area contributed by atoms with Crippen molar-refractivity contribution in [1.82, 2.24) is 4.98 Å². The second-order valence-corrected chi connectivity index (χ2v) is 5.91. The fourth-order valence-electron chi connectivity index (χ4n) is 2.17. The van der Waals surface area contributed by atoms with Crippen molar-refractivity contribution in [2.45, 2.75) is 12.8 Å². The minimum Gasteiger partial charge on any atom is -0.508 e. The largest absolute Gasteiger partial charge is 0.508 e. The van der Waals surface area contributed by atoms with Gasteiger partial charge in [0.2, 0.25) is 0 Å². The number of halogens is 1.